The van der Waals surface area contributed by atoms with Crippen LogP contribution in [-0.4, -0.2) is 29.0 Å². The van der Waals surface area contributed by atoms with E-state index in [1.54, 1.807) is 19.2 Å². The second-order valence-corrected chi connectivity index (χ2v) is 3.95. The molecule has 1 aromatic carbocycles. The van der Waals surface area contributed by atoms with Crippen LogP contribution in [0.15, 0.2) is 22.7 Å². The van der Waals surface area contributed by atoms with Gasteiger partial charge in [-0.25, -0.2) is 0 Å². The van der Waals surface area contributed by atoms with E-state index in [9.17, 15) is 5.11 Å². The van der Waals surface area contributed by atoms with Crippen LogP contribution in [0.2, 0.25) is 0 Å². The maximum Gasteiger partial charge on any atom is 0.261 e. The molecule has 2 rings (SSSR count). The smallest absolute Gasteiger partial charge is 0.261 e. The molecule has 0 bridgehead atoms. The minimum atomic E-state index is 0.0606. The van der Waals surface area contributed by atoms with Crippen molar-refractivity contribution in [2.24, 2.45) is 0 Å². The van der Waals surface area contributed by atoms with Crippen molar-refractivity contribution in [2.45, 2.75) is 20.0 Å². The van der Waals surface area contributed by atoms with Gasteiger partial charge in [-0.1, -0.05) is 12.1 Å². The molecule has 0 spiro atoms. The third kappa shape index (κ3) is 3.23. The van der Waals surface area contributed by atoms with Crippen molar-refractivity contribution in [2.75, 3.05) is 13.7 Å². The minimum Gasteiger partial charge on any atom is -0.507 e. The largest absolute Gasteiger partial charge is 0.507 e. The summed E-state index contributed by atoms with van der Waals surface area (Å²) in [6.07, 6.45) is 0.932. The summed E-state index contributed by atoms with van der Waals surface area (Å²) in [5, 5.41) is 13.6. The fourth-order valence-electron chi connectivity index (χ4n) is 1.54. The Balaban J connectivity index is 2.17. The van der Waals surface area contributed by atoms with Gasteiger partial charge in [-0.2, -0.15) is 4.98 Å². The van der Waals surface area contributed by atoms with Crippen molar-refractivity contribution in [1.29, 1.82) is 0 Å². The molecule has 0 aliphatic rings. The molecule has 1 N–H and O–H groups in total. The third-order valence-electron chi connectivity index (χ3n) is 2.48. The minimum absolute atomic E-state index is 0.0606. The van der Waals surface area contributed by atoms with Crippen LogP contribution in [0.4, 0.5) is 0 Å². The highest BCUT2D eigenvalue weighted by atomic mass is 16.5. The summed E-state index contributed by atoms with van der Waals surface area (Å²) in [5.74, 6) is 1.36. The molecule has 6 nitrogen and oxygen atoms in total. The summed E-state index contributed by atoms with van der Waals surface area (Å²) in [6, 6.07) is 4.81. The topological polar surface area (TPSA) is 77.6 Å². The predicted octanol–water partition coefficient (Wildman–Crippen LogP) is 2.38. The summed E-state index contributed by atoms with van der Waals surface area (Å²) >= 11 is 0. The first-order valence-electron chi connectivity index (χ1n) is 6.02. The SMILES string of the molecule is CCCOCc1noc(-c2cc(OC)ccc2O)n1. The van der Waals surface area contributed by atoms with Crippen molar-refractivity contribution in [3.05, 3.63) is 24.0 Å². The van der Waals surface area contributed by atoms with Crippen molar-refractivity contribution < 1.29 is 19.1 Å². The van der Waals surface area contributed by atoms with Crippen LogP contribution in [0, 0.1) is 0 Å². The number of aromatic nitrogens is 2. The number of ether oxygens (including phenoxy) is 2. The molecular formula is C13H16N2O4. The zero-order valence-electron chi connectivity index (χ0n) is 10.9. The second-order valence-electron chi connectivity index (χ2n) is 3.95. The highest BCUT2D eigenvalue weighted by Gasteiger charge is 2.14. The van der Waals surface area contributed by atoms with E-state index in [0.717, 1.165) is 6.42 Å². The van der Waals surface area contributed by atoms with Crippen LogP contribution in [0.1, 0.15) is 19.2 Å². The number of aromatic hydroxyl groups is 1. The molecule has 0 saturated heterocycles. The molecule has 0 radical (unpaired) electrons. The van der Waals surface area contributed by atoms with E-state index in [-0.39, 0.29) is 11.6 Å². The van der Waals surface area contributed by atoms with Crippen molar-refractivity contribution in [3.8, 4) is 23.0 Å². The van der Waals surface area contributed by atoms with Crippen LogP contribution in [-0.2, 0) is 11.3 Å². The first-order chi connectivity index (χ1) is 9.24. The van der Waals surface area contributed by atoms with E-state index >= 15 is 0 Å². The lowest BCUT2D eigenvalue weighted by molar-refractivity contribution is 0.114. The number of phenolic OH excluding ortho intramolecular Hbond substituents is 1. The van der Waals surface area contributed by atoms with Crippen molar-refractivity contribution in [1.82, 2.24) is 10.1 Å². The molecule has 0 amide bonds. The van der Waals surface area contributed by atoms with Gasteiger partial charge in [-0.05, 0) is 24.6 Å². The predicted molar refractivity (Wildman–Crippen MR) is 67.9 cm³/mol. The van der Waals surface area contributed by atoms with Crippen LogP contribution < -0.4 is 4.74 Å². The highest BCUT2D eigenvalue weighted by Crippen LogP contribution is 2.31. The van der Waals surface area contributed by atoms with Gasteiger partial charge in [0.25, 0.3) is 5.89 Å². The maximum absolute atomic E-state index is 9.79. The van der Waals surface area contributed by atoms with Gasteiger partial charge in [-0.15, -0.1) is 0 Å². The Labute approximate surface area is 111 Å². The van der Waals surface area contributed by atoms with Gasteiger partial charge >= 0.3 is 0 Å². The Morgan fingerprint density at radius 2 is 2.21 bits per heavy atom. The summed E-state index contributed by atoms with van der Waals surface area (Å²) in [7, 11) is 1.55. The molecule has 102 valence electrons. The Bertz CT molecular complexity index is 539. The van der Waals surface area contributed by atoms with Gasteiger partial charge in [0.2, 0.25) is 0 Å². The van der Waals surface area contributed by atoms with Crippen LogP contribution in [0.5, 0.6) is 11.5 Å². The fourth-order valence-corrected chi connectivity index (χ4v) is 1.54. The Kier molecular flexibility index (Phi) is 4.35. The molecular weight excluding hydrogens is 248 g/mol. The maximum atomic E-state index is 9.79. The quantitative estimate of drug-likeness (QED) is 0.807. The van der Waals surface area contributed by atoms with E-state index < -0.39 is 0 Å². The monoisotopic (exact) mass is 264 g/mol. The lowest BCUT2D eigenvalue weighted by Crippen LogP contribution is -1.95. The molecule has 2 aromatic rings. The first-order valence-corrected chi connectivity index (χ1v) is 6.02. The molecule has 0 aliphatic heterocycles. The molecule has 0 aliphatic carbocycles. The number of benzene rings is 1. The Morgan fingerprint density at radius 1 is 1.37 bits per heavy atom. The van der Waals surface area contributed by atoms with Crippen LogP contribution in [0.3, 0.4) is 0 Å². The summed E-state index contributed by atoms with van der Waals surface area (Å²) in [5.41, 5.74) is 0.439. The molecule has 1 heterocycles. The van der Waals surface area contributed by atoms with Gasteiger partial charge in [0.1, 0.15) is 18.1 Å². The molecule has 19 heavy (non-hydrogen) atoms. The summed E-state index contributed by atoms with van der Waals surface area (Å²) in [6.45, 7) is 2.96. The number of rotatable bonds is 6. The number of nitrogens with zero attached hydrogens (tertiary/aromatic N) is 2. The molecule has 0 atom stereocenters. The average molecular weight is 264 g/mol. The van der Waals surface area contributed by atoms with Gasteiger partial charge < -0.3 is 19.1 Å². The zero-order valence-corrected chi connectivity index (χ0v) is 10.9. The molecule has 0 saturated carbocycles. The molecule has 0 unspecified atom stereocenters. The van der Waals surface area contributed by atoms with Gasteiger partial charge in [0, 0.05) is 6.61 Å². The molecule has 6 heteroatoms. The third-order valence-corrected chi connectivity index (χ3v) is 2.48. The van der Waals surface area contributed by atoms with Crippen molar-refractivity contribution >= 4 is 0 Å². The highest BCUT2D eigenvalue weighted by molar-refractivity contribution is 5.64. The first kappa shape index (κ1) is 13.4. The van der Waals surface area contributed by atoms with Gasteiger partial charge in [-0.3, -0.25) is 0 Å². The van der Waals surface area contributed by atoms with Crippen molar-refractivity contribution in [3.63, 3.8) is 0 Å². The normalized spacial score (nSPS) is 10.6. The Morgan fingerprint density at radius 3 is 2.95 bits per heavy atom. The molecule has 0 fully saturated rings. The number of methoxy groups -OCH3 is 1. The van der Waals surface area contributed by atoms with Crippen LogP contribution in [0.25, 0.3) is 11.5 Å². The zero-order chi connectivity index (χ0) is 13.7. The van der Waals surface area contributed by atoms with E-state index in [1.807, 2.05) is 6.92 Å². The second kappa shape index (κ2) is 6.19. The summed E-state index contributed by atoms with van der Waals surface area (Å²) in [4.78, 5) is 4.17. The lowest BCUT2D eigenvalue weighted by atomic mass is 10.2. The number of phenols is 1. The Hall–Kier alpha value is -2.08. The number of hydrogen-bond acceptors (Lipinski definition) is 6. The van der Waals surface area contributed by atoms with E-state index in [4.69, 9.17) is 14.0 Å². The number of hydrogen-bond donors (Lipinski definition) is 1. The lowest BCUT2D eigenvalue weighted by Gasteiger charge is -2.03. The van der Waals surface area contributed by atoms with E-state index in [1.165, 1.54) is 6.07 Å². The average Bonchev–Trinajstić information content (AvgIpc) is 2.88. The van der Waals surface area contributed by atoms with Gasteiger partial charge in [0.05, 0.1) is 12.7 Å². The summed E-state index contributed by atoms with van der Waals surface area (Å²) < 4.78 is 15.5. The standard InChI is InChI=1S/C13H16N2O4/c1-3-6-18-8-12-14-13(19-15-12)10-7-9(17-2)4-5-11(10)16/h4-5,7,16H,3,6,8H2,1-2H3. The van der Waals surface area contributed by atoms with Gasteiger partial charge in [0.15, 0.2) is 5.82 Å². The van der Waals surface area contributed by atoms with E-state index in [2.05, 4.69) is 10.1 Å². The fraction of sp³-hybridized carbons (Fsp3) is 0.385. The molecule has 1 aromatic heterocycles. The van der Waals surface area contributed by atoms with Crippen LogP contribution >= 0.6 is 0 Å². The van der Waals surface area contributed by atoms with E-state index in [0.29, 0.717) is 30.4 Å².